The largest absolute Gasteiger partial charge is 0.333 e. The Morgan fingerprint density at radius 2 is 2.47 bits per heavy atom. The van der Waals surface area contributed by atoms with E-state index in [1.54, 1.807) is 16.9 Å². The van der Waals surface area contributed by atoms with Gasteiger partial charge in [0.25, 0.3) is 5.91 Å². The average Bonchev–Trinajstić information content (AvgIpc) is 2.96. The number of halogens is 1. The van der Waals surface area contributed by atoms with E-state index in [0.29, 0.717) is 11.7 Å². The zero-order valence-corrected chi connectivity index (χ0v) is 10.3. The zero-order valence-electron chi connectivity index (χ0n) is 8.69. The van der Waals surface area contributed by atoms with Crippen molar-refractivity contribution in [2.75, 3.05) is 11.9 Å². The van der Waals surface area contributed by atoms with Crippen molar-refractivity contribution in [3.05, 3.63) is 18.0 Å². The van der Waals surface area contributed by atoms with Gasteiger partial charge in [0.05, 0.1) is 0 Å². The van der Waals surface area contributed by atoms with E-state index >= 15 is 0 Å². The summed E-state index contributed by atoms with van der Waals surface area (Å²) in [5, 5.41) is 4.96. The normalized spacial score (nSPS) is 15.3. The first-order chi connectivity index (χ1) is 7.22. The molecule has 1 aliphatic carbocycles. The van der Waals surface area contributed by atoms with Crippen LogP contribution in [0.5, 0.6) is 0 Å². The van der Waals surface area contributed by atoms with Crippen LogP contribution in [0.1, 0.15) is 23.3 Å². The second-order valence-electron chi connectivity index (χ2n) is 3.79. The highest BCUT2D eigenvalue weighted by molar-refractivity contribution is 9.09. The standard InChI is InChI=1S/C10H14BrN3O/c1-13-6-4-9(12-13)10(15)14(7-5-11)8-2-3-8/h4,6,8H,2-3,5,7H2,1H3. The predicted molar refractivity (Wildman–Crippen MR) is 61.1 cm³/mol. The molecule has 1 saturated carbocycles. The van der Waals surface area contributed by atoms with Crippen molar-refractivity contribution >= 4 is 21.8 Å². The van der Waals surface area contributed by atoms with E-state index in [9.17, 15) is 4.79 Å². The Bertz CT molecular complexity index is 359. The molecule has 0 spiro atoms. The van der Waals surface area contributed by atoms with Gasteiger partial charge in [-0.3, -0.25) is 9.48 Å². The minimum Gasteiger partial charge on any atom is -0.333 e. The van der Waals surface area contributed by atoms with Gasteiger partial charge in [-0.1, -0.05) is 15.9 Å². The molecule has 1 aromatic heterocycles. The van der Waals surface area contributed by atoms with E-state index in [1.165, 1.54) is 0 Å². The van der Waals surface area contributed by atoms with Crippen LogP contribution in [0.25, 0.3) is 0 Å². The van der Waals surface area contributed by atoms with Crippen molar-refractivity contribution in [3.8, 4) is 0 Å². The van der Waals surface area contributed by atoms with Gasteiger partial charge in [-0.15, -0.1) is 0 Å². The molecule has 0 aromatic carbocycles. The summed E-state index contributed by atoms with van der Waals surface area (Å²) in [4.78, 5) is 14.0. The van der Waals surface area contributed by atoms with Crippen molar-refractivity contribution in [2.24, 2.45) is 7.05 Å². The summed E-state index contributed by atoms with van der Waals surface area (Å²) in [5.41, 5.74) is 0.547. The first kappa shape index (κ1) is 10.7. The fourth-order valence-electron chi connectivity index (χ4n) is 1.60. The number of carbonyl (C=O) groups excluding carboxylic acids is 1. The molecule has 2 rings (SSSR count). The van der Waals surface area contributed by atoms with Crippen LogP contribution in [0.2, 0.25) is 0 Å². The molecular weight excluding hydrogens is 258 g/mol. The molecule has 15 heavy (non-hydrogen) atoms. The third kappa shape index (κ3) is 2.40. The first-order valence-corrected chi connectivity index (χ1v) is 6.21. The average molecular weight is 272 g/mol. The number of nitrogens with zero attached hydrogens (tertiary/aromatic N) is 3. The Morgan fingerprint density at radius 3 is 2.93 bits per heavy atom. The van der Waals surface area contributed by atoms with Crippen LogP contribution in [0.15, 0.2) is 12.3 Å². The number of hydrogen-bond acceptors (Lipinski definition) is 2. The summed E-state index contributed by atoms with van der Waals surface area (Å²) in [6.45, 7) is 0.764. The summed E-state index contributed by atoms with van der Waals surface area (Å²) < 4.78 is 1.66. The molecule has 0 N–H and O–H groups in total. The predicted octanol–water partition coefficient (Wildman–Crippen LogP) is 1.42. The quantitative estimate of drug-likeness (QED) is 0.777. The van der Waals surface area contributed by atoms with Crippen LogP contribution < -0.4 is 0 Å². The maximum Gasteiger partial charge on any atom is 0.274 e. The molecule has 4 nitrogen and oxygen atoms in total. The molecule has 1 heterocycles. The van der Waals surface area contributed by atoms with Crippen molar-refractivity contribution in [1.82, 2.24) is 14.7 Å². The van der Waals surface area contributed by atoms with Gasteiger partial charge in [0.15, 0.2) is 0 Å². The SMILES string of the molecule is Cn1ccc(C(=O)N(CCBr)C2CC2)n1. The van der Waals surface area contributed by atoms with E-state index in [1.807, 2.05) is 11.9 Å². The van der Waals surface area contributed by atoms with Crippen LogP contribution in [-0.4, -0.2) is 38.5 Å². The van der Waals surface area contributed by atoms with E-state index in [0.717, 1.165) is 24.7 Å². The first-order valence-electron chi connectivity index (χ1n) is 5.09. The Hall–Kier alpha value is -0.840. The number of aryl methyl sites for hydroxylation is 1. The topological polar surface area (TPSA) is 38.1 Å². The molecule has 1 fully saturated rings. The van der Waals surface area contributed by atoms with Gasteiger partial charge in [0.1, 0.15) is 5.69 Å². The van der Waals surface area contributed by atoms with E-state index in [4.69, 9.17) is 0 Å². The van der Waals surface area contributed by atoms with Crippen molar-refractivity contribution in [1.29, 1.82) is 0 Å². The zero-order chi connectivity index (χ0) is 10.8. The lowest BCUT2D eigenvalue weighted by Crippen LogP contribution is -2.35. The maximum absolute atomic E-state index is 12.1. The van der Waals surface area contributed by atoms with Crippen molar-refractivity contribution < 1.29 is 4.79 Å². The Balaban J connectivity index is 2.10. The highest BCUT2D eigenvalue weighted by atomic mass is 79.9. The molecule has 82 valence electrons. The molecule has 5 heteroatoms. The van der Waals surface area contributed by atoms with Crippen LogP contribution >= 0.6 is 15.9 Å². The highest BCUT2D eigenvalue weighted by Crippen LogP contribution is 2.27. The molecule has 0 atom stereocenters. The Morgan fingerprint density at radius 1 is 1.73 bits per heavy atom. The number of rotatable bonds is 4. The second kappa shape index (κ2) is 4.35. The maximum atomic E-state index is 12.1. The number of alkyl halides is 1. The number of carbonyl (C=O) groups is 1. The molecule has 0 saturated heterocycles. The monoisotopic (exact) mass is 271 g/mol. The summed E-state index contributed by atoms with van der Waals surface area (Å²) >= 11 is 3.37. The van der Waals surface area contributed by atoms with Gasteiger partial charge in [-0.05, 0) is 18.9 Å². The van der Waals surface area contributed by atoms with Gasteiger partial charge in [0.2, 0.25) is 0 Å². The van der Waals surface area contributed by atoms with Gasteiger partial charge >= 0.3 is 0 Å². The molecule has 0 unspecified atom stereocenters. The Labute approximate surface area is 97.4 Å². The molecule has 0 bridgehead atoms. The lowest BCUT2D eigenvalue weighted by atomic mass is 10.3. The van der Waals surface area contributed by atoms with E-state index < -0.39 is 0 Å². The van der Waals surface area contributed by atoms with Crippen LogP contribution in [0.4, 0.5) is 0 Å². The molecule has 0 aliphatic heterocycles. The fraction of sp³-hybridized carbons (Fsp3) is 0.600. The van der Waals surface area contributed by atoms with Crippen molar-refractivity contribution in [2.45, 2.75) is 18.9 Å². The minimum atomic E-state index is 0.0533. The fourth-order valence-corrected chi connectivity index (χ4v) is 1.99. The van der Waals surface area contributed by atoms with E-state index in [-0.39, 0.29) is 5.91 Å². The van der Waals surface area contributed by atoms with E-state index in [2.05, 4.69) is 21.0 Å². The number of amides is 1. The van der Waals surface area contributed by atoms with Crippen LogP contribution in [0.3, 0.4) is 0 Å². The number of hydrogen-bond donors (Lipinski definition) is 0. The highest BCUT2D eigenvalue weighted by Gasteiger charge is 2.33. The summed E-state index contributed by atoms with van der Waals surface area (Å²) in [5.74, 6) is 0.0533. The van der Waals surface area contributed by atoms with Crippen LogP contribution in [0, 0.1) is 0 Å². The number of aromatic nitrogens is 2. The van der Waals surface area contributed by atoms with Gasteiger partial charge in [-0.2, -0.15) is 5.10 Å². The second-order valence-corrected chi connectivity index (χ2v) is 4.59. The summed E-state index contributed by atoms with van der Waals surface area (Å²) in [7, 11) is 1.82. The van der Waals surface area contributed by atoms with Crippen LogP contribution in [-0.2, 0) is 7.05 Å². The lowest BCUT2D eigenvalue weighted by Gasteiger charge is -2.19. The molecule has 1 aromatic rings. The van der Waals surface area contributed by atoms with Crippen molar-refractivity contribution in [3.63, 3.8) is 0 Å². The minimum absolute atomic E-state index is 0.0533. The Kier molecular flexibility index (Phi) is 3.09. The molecule has 1 amide bonds. The molecule has 0 radical (unpaired) electrons. The summed E-state index contributed by atoms with van der Waals surface area (Å²) in [6, 6.07) is 2.21. The third-order valence-corrected chi connectivity index (χ3v) is 2.86. The summed E-state index contributed by atoms with van der Waals surface area (Å²) in [6.07, 6.45) is 4.06. The smallest absolute Gasteiger partial charge is 0.274 e. The third-order valence-electron chi connectivity index (χ3n) is 2.51. The lowest BCUT2D eigenvalue weighted by molar-refractivity contribution is 0.0748. The molecular formula is C10H14BrN3O. The van der Waals surface area contributed by atoms with Gasteiger partial charge in [0, 0.05) is 31.2 Å². The molecule has 1 aliphatic rings. The van der Waals surface area contributed by atoms with Gasteiger partial charge in [-0.25, -0.2) is 0 Å². The van der Waals surface area contributed by atoms with Gasteiger partial charge < -0.3 is 4.90 Å².